The maximum Gasteiger partial charge on any atom is 0.411 e. The fourth-order valence-electron chi connectivity index (χ4n) is 3.91. The minimum absolute atomic E-state index is 0.167. The van der Waals surface area contributed by atoms with Crippen molar-refractivity contribution in [2.24, 2.45) is 0 Å². The van der Waals surface area contributed by atoms with Gasteiger partial charge in [-0.25, -0.2) is 14.8 Å². The van der Waals surface area contributed by atoms with Crippen LogP contribution in [-0.4, -0.2) is 49.0 Å². The molecule has 0 aliphatic carbocycles. The molecule has 3 heterocycles. The largest absolute Gasteiger partial charge is 0.445 e. The molecule has 196 valence electrons. The molecule has 0 radical (unpaired) electrons. The van der Waals surface area contributed by atoms with Crippen molar-refractivity contribution in [1.29, 1.82) is 0 Å². The Morgan fingerprint density at radius 1 is 1.27 bits per heavy atom. The Morgan fingerprint density at radius 2 is 2.11 bits per heavy atom. The number of aryl methyl sites for hydroxylation is 2. The van der Waals surface area contributed by atoms with Gasteiger partial charge in [0.2, 0.25) is 0 Å². The average Bonchev–Trinajstić information content (AvgIpc) is 3.29. The number of thioether (sulfide) groups is 1. The zero-order chi connectivity index (χ0) is 26.0. The van der Waals surface area contributed by atoms with Crippen LogP contribution in [-0.2, 0) is 28.2 Å². The van der Waals surface area contributed by atoms with Gasteiger partial charge in [0, 0.05) is 47.7 Å². The summed E-state index contributed by atoms with van der Waals surface area (Å²) in [4.78, 5) is 25.2. The molecule has 3 aromatic rings. The first-order valence-corrected chi connectivity index (χ1v) is 14.1. The van der Waals surface area contributed by atoms with Gasteiger partial charge >= 0.3 is 6.09 Å². The first kappa shape index (κ1) is 27.0. The molecular weight excluding hydrogens is 506 g/mol. The van der Waals surface area contributed by atoms with Gasteiger partial charge in [-0.1, -0.05) is 43.5 Å². The second-order valence-corrected chi connectivity index (χ2v) is 10.8. The Labute approximate surface area is 226 Å². The lowest BCUT2D eigenvalue weighted by atomic mass is 10.2. The number of rotatable bonds is 11. The van der Waals surface area contributed by atoms with Crippen molar-refractivity contribution in [3.05, 3.63) is 70.9 Å². The highest BCUT2D eigenvalue weighted by molar-refractivity contribution is 8.00. The number of aromatic nitrogens is 2. The molecule has 2 N–H and O–H groups in total. The van der Waals surface area contributed by atoms with Crippen LogP contribution in [0.2, 0.25) is 0 Å². The summed E-state index contributed by atoms with van der Waals surface area (Å²) in [7, 11) is 0. The predicted molar refractivity (Wildman–Crippen MR) is 152 cm³/mol. The number of anilines is 3. The number of thiazole rings is 1. The molecule has 1 amide bonds. The van der Waals surface area contributed by atoms with Crippen LogP contribution in [0, 0.1) is 6.92 Å². The van der Waals surface area contributed by atoms with Crippen LogP contribution in [0.15, 0.2) is 53.4 Å². The van der Waals surface area contributed by atoms with E-state index in [2.05, 4.69) is 48.1 Å². The van der Waals surface area contributed by atoms with Crippen LogP contribution in [0.1, 0.15) is 28.8 Å². The van der Waals surface area contributed by atoms with Gasteiger partial charge in [0.1, 0.15) is 12.4 Å². The lowest BCUT2D eigenvalue weighted by Crippen LogP contribution is -2.36. The van der Waals surface area contributed by atoms with E-state index in [1.807, 2.05) is 24.3 Å². The molecule has 1 saturated heterocycles. The van der Waals surface area contributed by atoms with E-state index in [4.69, 9.17) is 19.4 Å². The van der Waals surface area contributed by atoms with E-state index in [0.29, 0.717) is 12.2 Å². The molecule has 0 saturated carbocycles. The van der Waals surface area contributed by atoms with Crippen LogP contribution in [0.4, 0.5) is 22.0 Å². The Morgan fingerprint density at radius 3 is 2.86 bits per heavy atom. The van der Waals surface area contributed by atoms with Gasteiger partial charge in [0.15, 0.2) is 4.34 Å². The van der Waals surface area contributed by atoms with Crippen LogP contribution in [0.5, 0.6) is 0 Å². The highest BCUT2D eigenvalue weighted by atomic mass is 32.2. The van der Waals surface area contributed by atoms with Gasteiger partial charge in [-0.2, -0.15) is 0 Å². The van der Waals surface area contributed by atoms with Gasteiger partial charge in [-0.3, -0.25) is 5.32 Å². The second kappa shape index (κ2) is 13.5. The molecule has 37 heavy (non-hydrogen) atoms. The second-order valence-electron chi connectivity index (χ2n) is 8.50. The lowest BCUT2D eigenvalue weighted by Gasteiger charge is -2.29. The molecule has 0 atom stereocenters. The van der Waals surface area contributed by atoms with Gasteiger partial charge in [-0.05, 0) is 37.1 Å². The number of nitrogens with one attached hydrogen (secondary N) is 2. The van der Waals surface area contributed by atoms with Crippen LogP contribution in [0.25, 0.3) is 0 Å². The summed E-state index contributed by atoms with van der Waals surface area (Å²) in [6.07, 6.45) is 2.04. The van der Waals surface area contributed by atoms with Crippen LogP contribution >= 0.6 is 23.1 Å². The predicted octanol–water partition coefficient (Wildman–Crippen LogP) is 5.88. The van der Waals surface area contributed by atoms with Crippen molar-refractivity contribution in [2.75, 3.05) is 48.4 Å². The van der Waals surface area contributed by atoms with E-state index < -0.39 is 6.09 Å². The third-order valence-corrected chi connectivity index (χ3v) is 8.23. The average molecular weight is 540 g/mol. The minimum Gasteiger partial charge on any atom is -0.445 e. The van der Waals surface area contributed by atoms with Gasteiger partial charge < -0.3 is 19.7 Å². The van der Waals surface area contributed by atoms with Crippen molar-refractivity contribution in [1.82, 2.24) is 9.97 Å². The van der Waals surface area contributed by atoms with E-state index >= 15 is 0 Å². The summed E-state index contributed by atoms with van der Waals surface area (Å²) in [5.74, 6) is 1.56. The van der Waals surface area contributed by atoms with Crippen molar-refractivity contribution < 1.29 is 14.3 Å². The molecule has 0 bridgehead atoms. The highest BCUT2D eigenvalue weighted by Crippen LogP contribution is 2.31. The Kier molecular flexibility index (Phi) is 9.81. The maximum absolute atomic E-state index is 11.9. The number of ether oxygens (including phenoxy) is 2. The molecule has 2 aromatic heterocycles. The van der Waals surface area contributed by atoms with Crippen LogP contribution < -0.4 is 15.5 Å². The van der Waals surface area contributed by atoms with Crippen molar-refractivity contribution in [3.8, 4) is 0 Å². The smallest absolute Gasteiger partial charge is 0.411 e. The van der Waals surface area contributed by atoms with Crippen molar-refractivity contribution >= 4 is 46.4 Å². The van der Waals surface area contributed by atoms with E-state index in [1.54, 1.807) is 23.1 Å². The van der Waals surface area contributed by atoms with E-state index in [-0.39, 0.29) is 6.61 Å². The van der Waals surface area contributed by atoms with Crippen molar-refractivity contribution in [2.45, 2.75) is 36.9 Å². The number of pyridine rings is 1. The first-order chi connectivity index (χ1) is 18.0. The minimum atomic E-state index is -0.506. The normalized spacial score (nSPS) is 13.3. The quantitative estimate of drug-likeness (QED) is 0.231. The SMILES string of the molecule is C=CCOC(=O)Nc1cccc(CNc2cc(N3CCOCC3)cc(CSc3nc(C)c(CC)s3)n2)c1. The lowest BCUT2D eigenvalue weighted by molar-refractivity contribution is 0.122. The summed E-state index contributed by atoms with van der Waals surface area (Å²) >= 11 is 3.50. The van der Waals surface area contributed by atoms with Crippen molar-refractivity contribution in [3.63, 3.8) is 0 Å². The Hall–Kier alpha value is -3.08. The third kappa shape index (κ3) is 7.95. The zero-order valence-electron chi connectivity index (χ0n) is 21.3. The number of benzene rings is 1. The summed E-state index contributed by atoms with van der Waals surface area (Å²) in [5, 5.41) is 6.21. The summed E-state index contributed by atoms with van der Waals surface area (Å²) in [6, 6.07) is 11.9. The Bertz CT molecular complexity index is 1210. The van der Waals surface area contributed by atoms with E-state index in [0.717, 1.165) is 71.3 Å². The van der Waals surface area contributed by atoms with E-state index in [1.165, 1.54) is 11.0 Å². The summed E-state index contributed by atoms with van der Waals surface area (Å²) in [6.45, 7) is 11.7. The molecule has 10 heteroatoms. The fraction of sp³-hybridized carbons (Fsp3) is 0.370. The summed E-state index contributed by atoms with van der Waals surface area (Å²) in [5.41, 5.74) is 4.95. The first-order valence-electron chi connectivity index (χ1n) is 12.3. The van der Waals surface area contributed by atoms with Gasteiger partial charge in [0.25, 0.3) is 0 Å². The molecule has 4 rings (SSSR count). The molecular formula is C27H33N5O3S2. The summed E-state index contributed by atoms with van der Waals surface area (Å²) < 4.78 is 11.6. The molecule has 1 aliphatic heterocycles. The van der Waals surface area contributed by atoms with Gasteiger partial charge in [0.05, 0.1) is 24.6 Å². The molecule has 0 unspecified atom stereocenters. The Balaban J connectivity index is 1.46. The molecule has 8 nitrogen and oxygen atoms in total. The number of carbonyl (C=O) groups excluding carboxylic acids is 1. The number of carbonyl (C=O) groups is 1. The monoisotopic (exact) mass is 539 g/mol. The van der Waals surface area contributed by atoms with Gasteiger partial charge in [-0.15, -0.1) is 11.3 Å². The van der Waals surface area contributed by atoms with Crippen LogP contribution in [0.3, 0.4) is 0 Å². The van der Waals surface area contributed by atoms with E-state index in [9.17, 15) is 4.79 Å². The number of nitrogens with zero attached hydrogens (tertiary/aromatic N) is 3. The topological polar surface area (TPSA) is 88.6 Å². The number of hydrogen-bond acceptors (Lipinski definition) is 9. The maximum atomic E-state index is 11.9. The number of morpholine rings is 1. The molecule has 1 aromatic carbocycles. The fourth-order valence-corrected chi connectivity index (χ4v) is 5.97. The molecule has 1 fully saturated rings. The number of hydrogen-bond donors (Lipinski definition) is 2. The molecule has 0 spiro atoms. The third-order valence-electron chi connectivity index (χ3n) is 5.76. The molecule has 1 aliphatic rings. The highest BCUT2D eigenvalue weighted by Gasteiger charge is 2.15. The number of amides is 1. The standard InChI is InChI=1S/C27H33N5O3S2/c1-4-11-35-26(33)31-21-8-6-7-20(14-21)17-28-25-16-23(32-9-12-34-13-10-32)15-22(30-25)18-36-27-29-19(3)24(5-2)37-27/h4,6-8,14-16H,1,5,9-13,17-18H2,2-3H3,(H,28,30)(H,31,33). The zero-order valence-corrected chi connectivity index (χ0v) is 22.9.